The Labute approximate surface area is 251 Å². The van der Waals surface area contributed by atoms with Crippen LogP contribution in [0.5, 0.6) is 0 Å². The number of carbonyl (C=O) groups excluding carboxylic acids is 2. The quantitative estimate of drug-likeness (QED) is 0.250. The standard InChI is InChI=1S/C28H27BrF7NO5S/c1-42-24(39)18-7-5-17(6-8-18)23(38)37-14-13-25(16-37,43(40,41)22-4-2-3-21(29)15-22)19-9-11-20(12-10-19)26(30,27(31,32)33)28(34,35)36/h2-4,9-12,15,17-18H,5-8,13-14,16H2,1H3/t17?,18?,25-/m0/s1. The predicted molar refractivity (Wildman–Crippen MR) is 143 cm³/mol. The molecule has 0 aromatic heterocycles. The Morgan fingerprint density at radius 2 is 1.47 bits per heavy atom. The Hall–Kier alpha value is -2.68. The number of amides is 1. The summed E-state index contributed by atoms with van der Waals surface area (Å²) in [6, 6.07) is 7.64. The van der Waals surface area contributed by atoms with E-state index in [-0.39, 0.29) is 53.4 Å². The van der Waals surface area contributed by atoms with Crippen molar-refractivity contribution in [2.24, 2.45) is 11.8 Å². The molecule has 2 aromatic rings. The van der Waals surface area contributed by atoms with E-state index in [4.69, 9.17) is 4.74 Å². The average molecular weight is 702 g/mol. The Bertz CT molecular complexity index is 1460. The number of nitrogens with zero attached hydrogens (tertiary/aromatic N) is 1. The molecule has 2 aliphatic rings. The first-order valence-electron chi connectivity index (χ1n) is 13.2. The Kier molecular flexibility index (Phi) is 9.02. The summed E-state index contributed by atoms with van der Waals surface area (Å²) in [7, 11) is -3.16. The van der Waals surface area contributed by atoms with Crippen LogP contribution in [0.15, 0.2) is 57.9 Å². The second-order valence-corrected chi connectivity index (χ2v) is 13.9. The van der Waals surface area contributed by atoms with Gasteiger partial charge in [-0.1, -0.05) is 46.3 Å². The van der Waals surface area contributed by atoms with E-state index < -0.39 is 50.6 Å². The molecule has 0 N–H and O–H groups in total. The van der Waals surface area contributed by atoms with Crippen LogP contribution in [0.25, 0.3) is 0 Å². The lowest BCUT2D eigenvalue weighted by Gasteiger charge is -2.33. The number of methoxy groups -OCH3 is 1. The molecule has 236 valence electrons. The number of carbonyl (C=O) groups is 2. The van der Waals surface area contributed by atoms with E-state index in [2.05, 4.69) is 15.9 Å². The van der Waals surface area contributed by atoms with Gasteiger partial charge in [0.25, 0.3) is 0 Å². The first-order valence-corrected chi connectivity index (χ1v) is 15.5. The molecule has 0 radical (unpaired) electrons. The summed E-state index contributed by atoms with van der Waals surface area (Å²) in [5.74, 6) is -1.64. The molecule has 1 aliphatic carbocycles. The number of benzene rings is 2. The van der Waals surface area contributed by atoms with Crippen LogP contribution >= 0.6 is 15.9 Å². The fraction of sp³-hybridized carbons (Fsp3) is 0.500. The van der Waals surface area contributed by atoms with Crippen LogP contribution < -0.4 is 0 Å². The van der Waals surface area contributed by atoms with Gasteiger partial charge in [0.2, 0.25) is 5.91 Å². The zero-order valence-electron chi connectivity index (χ0n) is 22.6. The molecule has 2 aromatic carbocycles. The average Bonchev–Trinajstić information content (AvgIpc) is 3.42. The smallest absolute Gasteiger partial charge is 0.435 e. The first-order chi connectivity index (χ1) is 19.9. The Morgan fingerprint density at radius 1 is 0.907 bits per heavy atom. The number of likely N-dealkylation sites (tertiary alicyclic amines) is 1. The van der Waals surface area contributed by atoms with E-state index in [9.17, 15) is 48.7 Å². The lowest BCUT2D eigenvalue weighted by molar-refractivity contribution is -0.348. The van der Waals surface area contributed by atoms with Crippen LogP contribution in [-0.2, 0) is 34.6 Å². The van der Waals surface area contributed by atoms with E-state index >= 15 is 0 Å². The number of ether oxygens (including phenoxy) is 1. The van der Waals surface area contributed by atoms with E-state index in [1.165, 1.54) is 30.2 Å². The summed E-state index contributed by atoms with van der Waals surface area (Å²) >= 11 is 3.20. The molecule has 1 saturated heterocycles. The molecule has 4 rings (SSSR count). The van der Waals surface area contributed by atoms with E-state index in [1.54, 1.807) is 6.07 Å². The third-order valence-corrected chi connectivity index (χ3v) is 11.3. The maximum atomic E-state index is 14.7. The highest BCUT2D eigenvalue weighted by molar-refractivity contribution is 9.10. The highest BCUT2D eigenvalue weighted by Gasteiger charge is 2.73. The molecule has 1 amide bonds. The zero-order chi connectivity index (χ0) is 32.0. The highest BCUT2D eigenvalue weighted by Crippen LogP contribution is 2.54. The SMILES string of the molecule is COC(=O)C1CCC(C(=O)N2CC[C@](c3ccc(C(F)(C(F)(F)F)C(F)(F)F)cc3)(S(=O)(=O)c3cccc(Br)c3)C2)CC1. The molecule has 15 heteroatoms. The number of rotatable bonds is 6. The minimum atomic E-state index is -6.34. The van der Waals surface area contributed by atoms with E-state index in [0.717, 1.165) is 12.1 Å². The van der Waals surface area contributed by atoms with Crippen molar-refractivity contribution in [3.63, 3.8) is 0 Å². The summed E-state index contributed by atoms with van der Waals surface area (Å²) in [6.45, 7) is -0.501. The minimum Gasteiger partial charge on any atom is -0.469 e. The van der Waals surface area contributed by atoms with Gasteiger partial charge in [-0.2, -0.15) is 26.3 Å². The van der Waals surface area contributed by atoms with Crippen LogP contribution in [0.1, 0.15) is 43.2 Å². The van der Waals surface area contributed by atoms with Crippen molar-refractivity contribution in [1.29, 1.82) is 0 Å². The summed E-state index contributed by atoms with van der Waals surface area (Å²) in [4.78, 5) is 26.5. The molecule has 1 atom stereocenters. The summed E-state index contributed by atoms with van der Waals surface area (Å²) in [5.41, 5.74) is -7.62. The van der Waals surface area contributed by atoms with E-state index in [1.807, 2.05) is 0 Å². The monoisotopic (exact) mass is 701 g/mol. The Morgan fingerprint density at radius 3 is 1.98 bits per heavy atom. The second kappa shape index (κ2) is 11.7. The van der Waals surface area contributed by atoms with Gasteiger partial charge < -0.3 is 9.64 Å². The van der Waals surface area contributed by atoms with Crippen molar-refractivity contribution < 1.29 is 53.5 Å². The molecular weight excluding hydrogens is 675 g/mol. The van der Waals surface area contributed by atoms with Crippen LogP contribution in [0.2, 0.25) is 0 Å². The summed E-state index contributed by atoms with van der Waals surface area (Å²) in [6.07, 6.45) is -11.4. The third kappa shape index (κ3) is 5.78. The van der Waals surface area contributed by atoms with Crippen molar-refractivity contribution in [3.05, 3.63) is 64.1 Å². The second-order valence-electron chi connectivity index (χ2n) is 10.8. The summed E-state index contributed by atoms with van der Waals surface area (Å²) in [5, 5.41) is 0. The topological polar surface area (TPSA) is 80.8 Å². The number of alkyl halides is 7. The van der Waals surface area contributed by atoms with Gasteiger partial charge in [0.1, 0.15) is 4.75 Å². The fourth-order valence-corrected chi connectivity index (χ4v) is 8.61. The van der Waals surface area contributed by atoms with Gasteiger partial charge in [0.05, 0.1) is 17.9 Å². The van der Waals surface area contributed by atoms with Crippen LogP contribution in [0.4, 0.5) is 30.7 Å². The van der Waals surface area contributed by atoms with Crippen LogP contribution in [0, 0.1) is 11.8 Å². The zero-order valence-corrected chi connectivity index (χ0v) is 25.0. The normalized spacial score (nSPS) is 23.7. The lowest BCUT2D eigenvalue weighted by Crippen LogP contribution is -2.50. The molecular formula is C28H27BrF7NO5S. The summed E-state index contributed by atoms with van der Waals surface area (Å²) < 4.78 is 126. The van der Waals surface area contributed by atoms with Gasteiger partial charge in [-0.3, -0.25) is 9.59 Å². The van der Waals surface area contributed by atoms with Gasteiger partial charge in [-0.05, 0) is 55.9 Å². The molecule has 0 unspecified atom stereocenters. The molecule has 6 nitrogen and oxygen atoms in total. The van der Waals surface area contributed by atoms with Crippen molar-refractivity contribution in [2.45, 2.75) is 59.8 Å². The van der Waals surface area contributed by atoms with Crippen molar-refractivity contribution in [2.75, 3.05) is 20.2 Å². The van der Waals surface area contributed by atoms with Crippen molar-refractivity contribution in [1.82, 2.24) is 4.90 Å². The Balaban J connectivity index is 1.73. The predicted octanol–water partition coefficient (Wildman–Crippen LogP) is 6.62. The van der Waals surface area contributed by atoms with Gasteiger partial charge in [-0.25, -0.2) is 12.8 Å². The molecule has 43 heavy (non-hydrogen) atoms. The minimum absolute atomic E-state index is 0.0666. The number of esters is 1. The van der Waals surface area contributed by atoms with Gasteiger partial charge in [0.15, 0.2) is 9.84 Å². The van der Waals surface area contributed by atoms with Crippen molar-refractivity contribution in [3.8, 4) is 0 Å². The fourth-order valence-electron chi connectivity index (χ4n) is 5.93. The van der Waals surface area contributed by atoms with Gasteiger partial charge in [0, 0.05) is 29.0 Å². The molecule has 0 bridgehead atoms. The molecule has 2 fully saturated rings. The largest absolute Gasteiger partial charge is 0.469 e. The molecule has 0 spiro atoms. The van der Waals surface area contributed by atoms with Crippen LogP contribution in [-0.4, -0.2) is 57.7 Å². The van der Waals surface area contributed by atoms with Gasteiger partial charge in [-0.15, -0.1) is 0 Å². The van der Waals surface area contributed by atoms with E-state index in [0.29, 0.717) is 30.2 Å². The van der Waals surface area contributed by atoms with Crippen molar-refractivity contribution >= 4 is 37.6 Å². The molecule has 1 aliphatic heterocycles. The lowest BCUT2D eigenvalue weighted by atomic mass is 9.81. The highest BCUT2D eigenvalue weighted by atomic mass is 79.9. The maximum Gasteiger partial charge on any atom is 0.435 e. The third-order valence-electron chi connectivity index (χ3n) is 8.37. The van der Waals surface area contributed by atoms with Crippen LogP contribution in [0.3, 0.4) is 0 Å². The number of hydrogen-bond donors (Lipinski definition) is 0. The maximum absolute atomic E-state index is 14.7. The number of hydrogen-bond acceptors (Lipinski definition) is 5. The molecule has 1 saturated carbocycles. The first kappa shape index (κ1) is 33.2. The molecule has 1 heterocycles. The number of sulfone groups is 1. The van der Waals surface area contributed by atoms with Gasteiger partial charge >= 0.3 is 24.0 Å². The number of halogens is 8.